The number of aromatic hydroxyl groups is 1. The van der Waals surface area contributed by atoms with E-state index < -0.39 is 10.9 Å². The molecule has 0 saturated heterocycles. The van der Waals surface area contributed by atoms with Crippen LogP contribution in [0.25, 0.3) is 0 Å². The van der Waals surface area contributed by atoms with E-state index in [1.165, 1.54) is 0 Å². The Balaban J connectivity index is 3.23. The summed E-state index contributed by atoms with van der Waals surface area (Å²) in [5.41, 5.74) is -1.26. The molecule has 1 aromatic rings. The maximum absolute atomic E-state index is 10.7. The van der Waals surface area contributed by atoms with Crippen molar-refractivity contribution in [2.24, 2.45) is 0 Å². The third kappa shape index (κ3) is 0.759. The van der Waals surface area contributed by atoms with E-state index in [0.717, 1.165) is 0 Å². The largest absolute Gasteiger partial charge is 0.500 e. The van der Waals surface area contributed by atoms with Gasteiger partial charge in [-0.25, -0.2) is 0 Å². The fourth-order valence-corrected chi connectivity index (χ4v) is 1.68. The van der Waals surface area contributed by atoms with Gasteiger partial charge in [-0.1, -0.05) is 0 Å². The van der Waals surface area contributed by atoms with Gasteiger partial charge in [0.25, 0.3) is 15.8 Å². The van der Waals surface area contributed by atoms with Crippen LogP contribution in [0.2, 0.25) is 0 Å². The van der Waals surface area contributed by atoms with E-state index in [2.05, 4.69) is 0 Å². The monoisotopic (exact) mass is 159 g/mol. The van der Waals surface area contributed by atoms with Gasteiger partial charge in [-0.05, 0) is 0 Å². The SMILES string of the molecule is C[S+](C)c1c(O)c(=O)c1=O. The number of hydrogen-bond donors (Lipinski definition) is 1. The van der Waals surface area contributed by atoms with Crippen LogP contribution in [0.4, 0.5) is 0 Å². The van der Waals surface area contributed by atoms with E-state index in [-0.39, 0.29) is 16.6 Å². The van der Waals surface area contributed by atoms with Gasteiger partial charge in [-0.2, -0.15) is 0 Å². The zero-order chi connectivity index (χ0) is 7.89. The average Bonchev–Trinajstić information content (AvgIpc) is 1.87. The molecule has 0 aliphatic rings. The minimum absolute atomic E-state index is 0.295. The molecule has 1 aromatic carbocycles. The molecular weight excluding hydrogens is 152 g/mol. The van der Waals surface area contributed by atoms with Gasteiger partial charge in [0.1, 0.15) is 12.5 Å². The zero-order valence-electron chi connectivity index (χ0n) is 5.67. The predicted octanol–water partition coefficient (Wildman–Crippen LogP) is -0.775. The Morgan fingerprint density at radius 1 is 1.20 bits per heavy atom. The summed E-state index contributed by atoms with van der Waals surface area (Å²) in [4.78, 5) is 21.4. The minimum Gasteiger partial charge on any atom is -0.500 e. The lowest BCUT2D eigenvalue weighted by molar-refractivity contribution is 0.445. The van der Waals surface area contributed by atoms with Crippen LogP contribution in [-0.2, 0) is 10.9 Å². The molecule has 0 radical (unpaired) electrons. The van der Waals surface area contributed by atoms with E-state index in [0.29, 0.717) is 4.90 Å². The average molecular weight is 159 g/mol. The van der Waals surface area contributed by atoms with Crippen molar-refractivity contribution < 1.29 is 5.11 Å². The molecule has 0 amide bonds. The molecule has 1 rings (SSSR count). The standard InChI is InChI=1S/C6H6O3S/c1-10(2)6-4(8)3(7)5(6)9/h1-2H3/p+1. The van der Waals surface area contributed by atoms with Crippen molar-refractivity contribution in [3.63, 3.8) is 0 Å². The summed E-state index contributed by atoms with van der Waals surface area (Å²) in [6, 6.07) is 0. The zero-order valence-corrected chi connectivity index (χ0v) is 6.49. The van der Waals surface area contributed by atoms with Crippen LogP contribution < -0.4 is 10.9 Å². The van der Waals surface area contributed by atoms with Crippen LogP contribution in [0.15, 0.2) is 14.5 Å². The molecule has 0 unspecified atom stereocenters. The Morgan fingerprint density at radius 3 is 1.90 bits per heavy atom. The van der Waals surface area contributed by atoms with E-state index in [1.54, 1.807) is 12.5 Å². The van der Waals surface area contributed by atoms with Crippen LogP contribution in [-0.4, -0.2) is 17.6 Å². The summed E-state index contributed by atoms with van der Waals surface area (Å²) in [5, 5.41) is 8.83. The van der Waals surface area contributed by atoms with Crippen LogP contribution >= 0.6 is 0 Å². The Labute approximate surface area is 60.3 Å². The second-order valence-electron chi connectivity index (χ2n) is 2.15. The number of rotatable bonds is 1. The first-order valence-corrected chi connectivity index (χ1v) is 4.69. The first-order valence-electron chi connectivity index (χ1n) is 2.65. The van der Waals surface area contributed by atoms with Crippen molar-refractivity contribution >= 4 is 10.9 Å². The van der Waals surface area contributed by atoms with Gasteiger partial charge in [-0.3, -0.25) is 9.59 Å². The third-order valence-corrected chi connectivity index (χ3v) is 2.45. The topological polar surface area (TPSA) is 54.4 Å². The van der Waals surface area contributed by atoms with Crippen LogP contribution in [0.1, 0.15) is 0 Å². The van der Waals surface area contributed by atoms with E-state index in [4.69, 9.17) is 5.11 Å². The van der Waals surface area contributed by atoms with Crippen LogP contribution in [0, 0.1) is 0 Å². The molecular formula is C6H7O3S+. The Hall–Kier alpha value is -0.770. The molecule has 4 heteroatoms. The fraction of sp³-hybridized carbons (Fsp3) is 0.333. The second kappa shape index (κ2) is 2.12. The smallest absolute Gasteiger partial charge is 0.288 e. The van der Waals surface area contributed by atoms with E-state index in [1.807, 2.05) is 0 Å². The highest BCUT2D eigenvalue weighted by Gasteiger charge is 2.30. The third-order valence-electron chi connectivity index (χ3n) is 1.25. The highest BCUT2D eigenvalue weighted by Crippen LogP contribution is 2.14. The van der Waals surface area contributed by atoms with E-state index >= 15 is 0 Å². The number of hydrogen-bond acceptors (Lipinski definition) is 3. The Bertz CT molecular complexity index is 319. The normalized spacial score (nSPS) is 11.1. The molecule has 10 heavy (non-hydrogen) atoms. The molecule has 0 saturated carbocycles. The molecule has 3 nitrogen and oxygen atoms in total. The summed E-state index contributed by atoms with van der Waals surface area (Å²) in [7, 11) is -0.295. The van der Waals surface area contributed by atoms with Gasteiger partial charge >= 0.3 is 0 Å². The van der Waals surface area contributed by atoms with Gasteiger partial charge in [0.2, 0.25) is 5.75 Å². The molecule has 1 N–H and O–H groups in total. The van der Waals surface area contributed by atoms with E-state index in [9.17, 15) is 9.59 Å². The Kier molecular flexibility index (Phi) is 1.56. The highest BCUT2D eigenvalue weighted by molar-refractivity contribution is 7.95. The molecule has 54 valence electrons. The lowest BCUT2D eigenvalue weighted by atomic mass is 10.3. The first kappa shape index (κ1) is 7.34. The molecule has 0 bridgehead atoms. The maximum atomic E-state index is 10.7. The molecule has 0 heterocycles. The molecule has 0 fully saturated rings. The molecule has 0 spiro atoms. The van der Waals surface area contributed by atoms with Crippen molar-refractivity contribution in [2.75, 3.05) is 12.5 Å². The van der Waals surface area contributed by atoms with Crippen LogP contribution in [0.5, 0.6) is 5.75 Å². The van der Waals surface area contributed by atoms with Gasteiger partial charge in [0.05, 0.1) is 0 Å². The minimum atomic E-state index is -0.740. The van der Waals surface area contributed by atoms with Crippen molar-refractivity contribution in [1.82, 2.24) is 0 Å². The molecule has 0 aromatic heterocycles. The van der Waals surface area contributed by atoms with Crippen molar-refractivity contribution in [3.8, 4) is 5.75 Å². The van der Waals surface area contributed by atoms with Crippen molar-refractivity contribution in [2.45, 2.75) is 4.90 Å². The lowest BCUT2D eigenvalue weighted by Gasteiger charge is -1.98. The van der Waals surface area contributed by atoms with Crippen molar-refractivity contribution in [1.29, 1.82) is 0 Å². The predicted molar refractivity (Wildman–Crippen MR) is 40.5 cm³/mol. The van der Waals surface area contributed by atoms with Gasteiger partial charge in [-0.15, -0.1) is 0 Å². The second-order valence-corrected chi connectivity index (χ2v) is 4.19. The van der Waals surface area contributed by atoms with Crippen molar-refractivity contribution in [3.05, 3.63) is 20.4 Å². The highest BCUT2D eigenvalue weighted by atomic mass is 32.2. The molecule has 0 atom stereocenters. The van der Waals surface area contributed by atoms with Gasteiger partial charge in [0.15, 0.2) is 0 Å². The summed E-state index contributed by atoms with van der Waals surface area (Å²) < 4.78 is 0. The summed E-state index contributed by atoms with van der Waals surface area (Å²) >= 11 is 0. The Morgan fingerprint density at radius 2 is 1.70 bits per heavy atom. The lowest BCUT2D eigenvalue weighted by Crippen LogP contribution is -2.35. The quantitative estimate of drug-likeness (QED) is 0.432. The maximum Gasteiger partial charge on any atom is 0.288 e. The summed E-state index contributed by atoms with van der Waals surface area (Å²) in [5.74, 6) is -0.335. The summed E-state index contributed by atoms with van der Waals surface area (Å²) in [6.07, 6.45) is 3.58. The van der Waals surface area contributed by atoms with Gasteiger partial charge in [0, 0.05) is 10.9 Å². The molecule has 0 aliphatic heterocycles. The molecule has 0 aliphatic carbocycles. The fourth-order valence-electron chi connectivity index (χ4n) is 0.738. The summed E-state index contributed by atoms with van der Waals surface area (Å²) in [6.45, 7) is 0. The first-order chi connectivity index (χ1) is 4.55. The van der Waals surface area contributed by atoms with Gasteiger partial charge < -0.3 is 5.11 Å². The van der Waals surface area contributed by atoms with Crippen LogP contribution in [0.3, 0.4) is 0 Å².